The Morgan fingerprint density at radius 3 is 2.57 bits per heavy atom. The fourth-order valence-corrected chi connectivity index (χ4v) is 3.04. The van der Waals surface area contributed by atoms with Gasteiger partial charge in [0.25, 0.3) is 0 Å². The van der Waals surface area contributed by atoms with Gasteiger partial charge < -0.3 is 15.2 Å². The number of rotatable bonds is 4. The molecular weight excluding hydrogens is 338 g/mol. The highest BCUT2D eigenvalue weighted by Gasteiger charge is 2.35. The van der Waals surface area contributed by atoms with Gasteiger partial charge in [-0.05, 0) is 40.9 Å². The molecule has 114 valence electrons. The number of carbonyl (C=O) groups is 2. The molecule has 1 fully saturated rings. The molecule has 2 rings (SSSR count). The Labute approximate surface area is 131 Å². The Morgan fingerprint density at radius 2 is 1.95 bits per heavy atom. The number of nitrogens with one attached hydrogen (secondary N) is 1. The van der Waals surface area contributed by atoms with Crippen LogP contribution < -0.4 is 10.1 Å². The Balaban J connectivity index is 2.14. The van der Waals surface area contributed by atoms with Gasteiger partial charge in [0, 0.05) is 10.5 Å². The first-order valence-electron chi connectivity index (χ1n) is 6.90. The molecule has 0 bridgehead atoms. The maximum atomic E-state index is 12.4. The Hall–Kier alpha value is -1.56. The molecule has 0 unspecified atom stereocenters. The molecule has 0 saturated heterocycles. The van der Waals surface area contributed by atoms with E-state index >= 15 is 0 Å². The van der Waals surface area contributed by atoms with Crippen LogP contribution >= 0.6 is 15.9 Å². The maximum absolute atomic E-state index is 12.4. The molecule has 0 aliphatic heterocycles. The number of carboxylic acids is 1. The first-order valence-corrected chi connectivity index (χ1v) is 7.69. The number of hydrogen-bond donors (Lipinski definition) is 2. The van der Waals surface area contributed by atoms with Gasteiger partial charge in [0.05, 0.1) is 24.6 Å². The van der Waals surface area contributed by atoms with Crippen LogP contribution in [0.1, 0.15) is 25.7 Å². The van der Waals surface area contributed by atoms with Gasteiger partial charge in [-0.1, -0.05) is 12.8 Å². The van der Waals surface area contributed by atoms with Gasteiger partial charge >= 0.3 is 5.97 Å². The molecule has 0 radical (unpaired) electrons. The van der Waals surface area contributed by atoms with Gasteiger partial charge in [0.1, 0.15) is 5.75 Å². The van der Waals surface area contributed by atoms with Crippen molar-refractivity contribution in [2.24, 2.45) is 11.8 Å². The highest BCUT2D eigenvalue weighted by molar-refractivity contribution is 9.10. The summed E-state index contributed by atoms with van der Waals surface area (Å²) in [6.07, 6.45) is 2.93. The van der Waals surface area contributed by atoms with E-state index in [1.165, 1.54) is 0 Å². The van der Waals surface area contributed by atoms with Crippen LogP contribution in [0.3, 0.4) is 0 Å². The number of methoxy groups -OCH3 is 1. The summed E-state index contributed by atoms with van der Waals surface area (Å²) in [5.41, 5.74) is 0.592. The third-order valence-electron chi connectivity index (χ3n) is 3.85. The standard InChI is InChI=1S/C15H18BrNO4/c1-21-9-6-7-12(16)13(8-9)17-14(18)10-4-2-3-5-11(10)15(19)20/h6-8,10-11H,2-5H2,1H3,(H,17,18)(H,19,20)/t10-,11+/m1/s1. The van der Waals surface area contributed by atoms with Gasteiger partial charge in [0.2, 0.25) is 5.91 Å². The van der Waals surface area contributed by atoms with E-state index in [0.29, 0.717) is 24.3 Å². The van der Waals surface area contributed by atoms with Crippen molar-refractivity contribution < 1.29 is 19.4 Å². The van der Waals surface area contributed by atoms with Crippen LogP contribution in [0.4, 0.5) is 5.69 Å². The van der Waals surface area contributed by atoms with Crippen molar-refractivity contribution in [1.82, 2.24) is 0 Å². The predicted octanol–water partition coefficient (Wildman–Crippen LogP) is 3.29. The van der Waals surface area contributed by atoms with Gasteiger partial charge in [-0.25, -0.2) is 0 Å². The monoisotopic (exact) mass is 355 g/mol. The van der Waals surface area contributed by atoms with E-state index in [-0.39, 0.29) is 5.91 Å². The second-order valence-electron chi connectivity index (χ2n) is 5.17. The normalized spacial score (nSPS) is 21.6. The fourth-order valence-electron chi connectivity index (χ4n) is 2.69. The number of carbonyl (C=O) groups excluding carboxylic acids is 1. The van der Waals surface area contributed by atoms with Gasteiger partial charge in [-0.3, -0.25) is 9.59 Å². The van der Waals surface area contributed by atoms with Crippen molar-refractivity contribution in [3.63, 3.8) is 0 Å². The first-order chi connectivity index (χ1) is 10.0. The number of halogens is 1. The molecular formula is C15H18BrNO4. The van der Waals surface area contributed by atoms with Crippen LogP contribution in [-0.2, 0) is 9.59 Å². The molecule has 2 N–H and O–H groups in total. The summed E-state index contributed by atoms with van der Waals surface area (Å²) in [6.45, 7) is 0. The lowest BCUT2D eigenvalue weighted by Crippen LogP contribution is -2.36. The van der Waals surface area contributed by atoms with Crippen molar-refractivity contribution >= 4 is 33.5 Å². The van der Waals surface area contributed by atoms with Crippen molar-refractivity contribution in [3.8, 4) is 5.75 Å². The molecule has 0 aromatic heterocycles. The second-order valence-corrected chi connectivity index (χ2v) is 6.03. The number of benzene rings is 1. The number of aliphatic carboxylic acids is 1. The van der Waals surface area contributed by atoms with Gasteiger partial charge in [-0.2, -0.15) is 0 Å². The average Bonchev–Trinajstić information content (AvgIpc) is 2.49. The van der Waals surface area contributed by atoms with E-state index in [0.717, 1.165) is 17.3 Å². The predicted molar refractivity (Wildman–Crippen MR) is 82.4 cm³/mol. The molecule has 1 aliphatic carbocycles. The summed E-state index contributed by atoms with van der Waals surface area (Å²) in [5, 5.41) is 12.1. The Kier molecular flexibility index (Phi) is 5.22. The maximum Gasteiger partial charge on any atom is 0.307 e. The SMILES string of the molecule is COc1ccc(Br)c(NC(=O)[C@@H]2CCCC[C@@H]2C(=O)O)c1. The third kappa shape index (κ3) is 3.75. The minimum Gasteiger partial charge on any atom is -0.497 e. The summed E-state index contributed by atoms with van der Waals surface area (Å²) in [7, 11) is 1.55. The largest absolute Gasteiger partial charge is 0.497 e. The molecule has 21 heavy (non-hydrogen) atoms. The average molecular weight is 356 g/mol. The van der Waals surface area contributed by atoms with Crippen LogP contribution in [-0.4, -0.2) is 24.1 Å². The fraction of sp³-hybridized carbons (Fsp3) is 0.467. The summed E-state index contributed by atoms with van der Waals surface area (Å²) < 4.78 is 5.87. The minimum atomic E-state index is -0.889. The molecule has 0 heterocycles. The van der Waals surface area contributed by atoms with E-state index in [1.54, 1.807) is 25.3 Å². The molecule has 2 atom stereocenters. The Bertz CT molecular complexity index is 546. The van der Waals surface area contributed by atoms with Crippen molar-refractivity contribution in [2.75, 3.05) is 12.4 Å². The summed E-state index contributed by atoms with van der Waals surface area (Å²) >= 11 is 3.37. The summed E-state index contributed by atoms with van der Waals surface area (Å²) in [5.74, 6) is -1.57. The van der Waals surface area contributed by atoms with Crippen molar-refractivity contribution in [1.29, 1.82) is 0 Å². The molecule has 6 heteroatoms. The lowest BCUT2D eigenvalue weighted by molar-refractivity contribution is -0.147. The number of amides is 1. The third-order valence-corrected chi connectivity index (χ3v) is 4.54. The highest BCUT2D eigenvalue weighted by atomic mass is 79.9. The smallest absolute Gasteiger partial charge is 0.307 e. The van der Waals surface area contributed by atoms with Crippen molar-refractivity contribution in [2.45, 2.75) is 25.7 Å². The molecule has 5 nitrogen and oxygen atoms in total. The van der Waals surface area contributed by atoms with E-state index in [1.807, 2.05) is 0 Å². The molecule has 0 spiro atoms. The minimum absolute atomic E-state index is 0.240. The van der Waals surface area contributed by atoms with Crippen LogP contribution in [0.15, 0.2) is 22.7 Å². The molecule has 1 aliphatic rings. The van der Waals surface area contributed by atoms with Crippen LogP contribution in [0.2, 0.25) is 0 Å². The topological polar surface area (TPSA) is 75.6 Å². The number of hydrogen-bond acceptors (Lipinski definition) is 3. The number of carboxylic acid groups (broad SMARTS) is 1. The first kappa shape index (κ1) is 15.8. The summed E-state index contributed by atoms with van der Waals surface area (Å²) in [4.78, 5) is 23.7. The molecule has 1 saturated carbocycles. The number of ether oxygens (including phenoxy) is 1. The molecule has 1 aromatic carbocycles. The van der Waals surface area contributed by atoms with Crippen LogP contribution in [0.25, 0.3) is 0 Å². The zero-order valence-corrected chi connectivity index (χ0v) is 13.4. The summed E-state index contributed by atoms with van der Waals surface area (Å²) in [6, 6.07) is 5.27. The highest BCUT2D eigenvalue weighted by Crippen LogP contribution is 2.33. The van der Waals surface area contributed by atoms with Gasteiger partial charge in [-0.15, -0.1) is 0 Å². The molecule has 1 amide bonds. The zero-order valence-electron chi connectivity index (χ0n) is 11.8. The van der Waals surface area contributed by atoms with E-state index in [2.05, 4.69) is 21.2 Å². The van der Waals surface area contributed by atoms with E-state index < -0.39 is 17.8 Å². The molecule has 1 aromatic rings. The Morgan fingerprint density at radius 1 is 1.29 bits per heavy atom. The quantitative estimate of drug-likeness (QED) is 0.868. The van der Waals surface area contributed by atoms with Crippen LogP contribution in [0, 0.1) is 11.8 Å². The van der Waals surface area contributed by atoms with Crippen molar-refractivity contribution in [3.05, 3.63) is 22.7 Å². The second kappa shape index (κ2) is 6.93. The lowest BCUT2D eigenvalue weighted by atomic mass is 9.78. The van der Waals surface area contributed by atoms with E-state index in [9.17, 15) is 14.7 Å². The van der Waals surface area contributed by atoms with Gasteiger partial charge in [0.15, 0.2) is 0 Å². The van der Waals surface area contributed by atoms with E-state index in [4.69, 9.17) is 4.74 Å². The number of anilines is 1. The lowest BCUT2D eigenvalue weighted by Gasteiger charge is -2.27. The van der Waals surface area contributed by atoms with Crippen LogP contribution in [0.5, 0.6) is 5.75 Å². The zero-order chi connectivity index (χ0) is 15.4.